The van der Waals surface area contributed by atoms with Crippen molar-refractivity contribution in [3.63, 3.8) is 0 Å². The summed E-state index contributed by atoms with van der Waals surface area (Å²) in [6.45, 7) is 2.97. The lowest BCUT2D eigenvalue weighted by Crippen LogP contribution is -2.54. The van der Waals surface area contributed by atoms with E-state index in [9.17, 15) is 18.9 Å². The minimum atomic E-state index is -2.81. The maximum Gasteiger partial charge on any atom is 0.300 e. The largest absolute Gasteiger partial charge is 0.436 e. The Balaban J connectivity index is 2.20. The summed E-state index contributed by atoms with van der Waals surface area (Å²) in [4.78, 5) is 55.6. The molecule has 0 heterocycles. The highest BCUT2D eigenvalue weighted by molar-refractivity contribution is 8.56. The van der Waals surface area contributed by atoms with Gasteiger partial charge in [-0.25, -0.2) is 17.7 Å². The number of carbonyl (C=O) groups is 3. The molecule has 2 atom stereocenters. The Morgan fingerprint density at radius 3 is 1.35 bits per heavy atom. The summed E-state index contributed by atoms with van der Waals surface area (Å²) in [5.74, 6) is 14.2. The van der Waals surface area contributed by atoms with E-state index in [1.54, 1.807) is 25.1 Å². The van der Waals surface area contributed by atoms with Gasteiger partial charge >= 0.3 is 0 Å². The Labute approximate surface area is 368 Å². The van der Waals surface area contributed by atoms with Gasteiger partial charge in [-0.3, -0.25) is 23.8 Å². The minimum Gasteiger partial charge on any atom is -0.436 e. The molecule has 0 aliphatic carbocycles. The molecule has 23 heteroatoms. The van der Waals surface area contributed by atoms with Gasteiger partial charge in [-0.1, -0.05) is 47.8 Å². The molecule has 0 aromatic heterocycles. The number of benzene rings is 2. The summed E-state index contributed by atoms with van der Waals surface area (Å²) >= 11 is 1.18. The highest BCUT2D eigenvalue weighted by atomic mass is 32.7. The van der Waals surface area contributed by atoms with E-state index in [2.05, 4.69) is 30.5 Å². The zero-order valence-corrected chi connectivity index (χ0v) is 37.5. The minimum absolute atomic E-state index is 0.161. The average Bonchev–Trinajstić information content (AvgIpc) is 3.26. The zero-order valence-electron chi connectivity index (χ0n) is 35.8. The third-order valence-electron chi connectivity index (χ3n) is 8.45. The normalized spacial score (nSPS) is 12.8. The van der Waals surface area contributed by atoms with Gasteiger partial charge in [-0.2, -0.15) is 0 Å². The first-order valence-electron chi connectivity index (χ1n) is 20.1. The molecule has 9 N–H and O–H groups in total. The van der Waals surface area contributed by atoms with E-state index >= 15 is 0 Å². The zero-order chi connectivity index (χ0) is 45.1. The van der Waals surface area contributed by atoms with Crippen LogP contribution in [-0.2, 0) is 68.3 Å². The number of nitrogens with zero attached hydrogens (tertiary/aromatic N) is 1. The molecular weight excluding hydrogens is 854 g/mol. The molecule has 2 rings (SSSR count). The van der Waals surface area contributed by atoms with Crippen LogP contribution in [0.25, 0.3) is 11.1 Å². The predicted molar refractivity (Wildman–Crippen MR) is 233 cm³/mol. The van der Waals surface area contributed by atoms with Gasteiger partial charge < -0.3 is 63.4 Å². The van der Waals surface area contributed by atoms with Gasteiger partial charge in [0.25, 0.3) is 6.57 Å². The molecule has 0 fully saturated rings. The molecule has 0 aliphatic rings. The van der Waals surface area contributed by atoms with Crippen molar-refractivity contribution in [2.75, 3.05) is 145 Å². The summed E-state index contributed by atoms with van der Waals surface area (Å²) in [5.41, 5.74) is 2.58. The van der Waals surface area contributed by atoms with Crippen LogP contribution in [0.4, 0.5) is 0 Å². The molecule has 0 saturated carbocycles. The smallest absolute Gasteiger partial charge is 0.300 e. The van der Waals surface area contributed by atoms with Crippen LogP contribution in [0.1, 0.15) is 5.56 Å². The first kappa shape index (κ1) is 54.8. The van der Waals surface area contributed by atoms with Crippen LogP contribution in [0.5, 0.6) is 5.75 Å². The van der Waals surface area contributed by atoms with E-state index in [1.165, 1.54) is 16.3 Å². The average molecular weight is 920 g/mol. The first-order valence-corrected chi connectivity index (χ1v) is 24.0. The third-order valence-corrected chi connectivity index (χ3v) is 11.9. The number of carbonyl (C=O) groups excluding carboxylic acids is 3. The van der Waals surface area contributed by atoms with Crippen molar-refractivity contribution in [3.05, 3.63) is 54.1 Å². The van der Waals surface area contributed by atoms with E-state index in [-0.39, 0.29) is 85.4 Å². The molecule has 352 valence electrons. The van der Waals surface area contributed by atoms with E-state index in [1.807, 2.05) is 36.4 Å². The number of nitrogens with one attached hydrogen (secondary N) is 3. The Morgan fingerprint density at radius 1 is 0.581 bits per heavy atom. The van der Waals surface area contributed by atoms with Crippen LogP contribution in [0.15, 0.2) is 48.5 Å². The van der Waals surface area contributed by atoms with Crippen molar-refractivity contribution >= 4 is 35.7 Å². The topological polar surface area (TPSA) is 278 Å². The van der Waals surface area contributed by atoms with Crippen molar-refractivity contribution < 1.29 is 66.4 Å². The fraction of sp³-hybridized carbons (Fsp3) is 0.615. The molecule has 0 saturated heterocycles. The van der Waals surface area contributed by atoms with Crippen LogP contribution >= 0.6 is 18.0 Å². The summed E-state index contributed by atoms with van der Waals surface area (Å²) in [6.07, 6.45) is 1.90. The van der Waals surface area contributed by atoms with Gasteiger partial charge in [0.05, 0.1) is 118 Å². The van der Waals surface area contributed by atoms with Gasteiger partial charge in [0.2, 0.25) is 17.7 Å². The SMILES string of the molecule is CSP(C)(=O)Oc1ccc(-c2ccc(CC(C(=O)NCCOCCOCCON)N(CC(=O)NCCOCCOCCON)CC(=O)NCCOCCOCCON)cc2)cc1. The quantitative estimate of drug-likeness (QED) is 0.0298. The second-order valence-electron chi connectivity index (χ2n) is 13.2. The standard InChI is InChI=1S/C39H66N7O14PS/c1-61(50,62-2)60-35-9-7-34(8-10-35)33-5-3-32(4-6-33)29-36(39(49)45-13-16-53-19-22-56-25-28-59-42)46(30-37(47)43-11-14-51-17-20-54-23-26-57-40)31-38(48)44-12-15-52-18-21-55-24-27-58-41/h3-10,36H,11-31,40-42H2,1-2H3,(H,43,47)(H,44,48)(H,45,49). The molecule has 3 amide bonds. The number of hydrogen-bond donors (Lipinski definition) is 6. The number of nitrogens with two attached hydrogens (primary N) is 3. The Bertz CT molecular complexity index is 1500. The lowest BCUT2D eigenvalue weighted by atomic mass is 9.99. The molecule has 62 heavy (non-hydrogen) atoms. The second kappa shape index (κ2) is 35.1. The summed E-state index contributed by atoms with van der Waals surface area (Å²) in [7, 11) is 0. The Morgan fingerprint density at radius 2 is 0.952 bits per heavy atom. The summed E-state index contributed by atoms with van der Waals surface area (Å²) in [6, 6.07) is 13.9. The van der Waals surface area contributed by atoms with Crippen LogP contribution in [0, 0.1) is 0 Å². The molecule has 2 unspecified atom stereocenters. The number of amides is 3. The molecule has 2 aromatic carbocycles. The molecule has 2 aromatic rings. The fourth-order valence-electron chi connectivity index (χ4n) is 5.31. The number of ether oxygens (including phenoxy) is 6. The summed E-state index contributed by atoms with van der Waals surface area (Å²) in [5, 5.41) is 8.51. The Hall–Kier alpha value is -3.29. The third kappa shape index (κ3) is 26.4. The van der Waals surface area contributed by atoms with Crippen LogP contribution in [-0.4, -0.2) is 173 Å². The maximum absolute atomic E-state index is 14.0. The molecule has 0 radical (unpaired) electrons. The first-order chi connectivity index (χ1) is 30.1. The van der Waals surface area contributed by atoms with Crippen molar-refractivity contribution in [3.8, 4) is 16.9 Å². The molecule has 0 aliphatic heterocycles. The van der Waals surface area contributed by atoms with Crippen LogP contribution in [0.3, 0.4) is 0 Å². The Kier molecular flexibility index (Phi) is 31.1. The number of rotatable bonds is 39. The molecule has 0 bridgehead atoms. The highest BCUT2D eigenvalue weighted by Gasteiger charge is 2.30. The number of hydrogen-bond acceptors (Lipinski definition) is 19. The van der Waals surface area contributed by atoms with Crippen molar-refractivity contribution in [2.24, 2.45) is 17.7 Å². The molecule has 21 nitrogen and oxygen atoms in total. The lowest BCUT2D eigenvalue weighted by Gasteiger charge is -2.30. The van der Waals surface area contributed by atoms with Gasteiger partial charge in [0.15, 0.2) is 0 Å². The van der Waals surface area contributed by atoms with E-state index in [4.69, 9.17) is 50.6 Å². The van der Waals surface area contributed by atoms with Crippen molar-refractivity contribution in [1.29, 1.82) is 0 Å². The van der Waals surface area contributed by atoms with Gasteiger partial charge in [-0.05, 0) is 41.5 Å². The molecule has 0 spiro atoms. The second-order valence-corrected chi connectivity index (χ2v) is 18.3. The van der Waals surface area contributed by atoms with Gasteiger partial charge in [-0.15, -0.1) is 0 Å². The highest BCUT2D eigenvalue weighted by Crippen LogP contribution is 2.54. The maximum atomic E-state index is 14.0. The van der Waals surface area contributed by atoms with Crippen LogP contribution in [0.2, 0.25) is 0 Å². The lowest BCUT2D eigenvalue weighted by molar-refractivity contribution is -0.131. The van der Waals surface area contributed by atoms with E-state index in [0.29, 0.717) is 58.6 Å². The van der Waals surface area contributed by atoms with E-state index < -0.39 is 30.3 Å². The van der Waals surface area contributed by atoms with Gasteiger partial charge in [0, 0.05) is 26.3 Å². The summed E-state index contributed by atoms with van der Waals surface area (Å²) < 4.78 is 50.7. The van der Waals surface area contributed by atoms with Crippen molar-refractivity contribution in [2.45, 2.75) is 12.5 Å². The molecular formula is C39H66N7O14PS. The predicted octanol–water partition coefficient (Wildman–Crippen LogP) is 0.251. The van der Waals surface area contributed by atoms with Crippen LogP contribution < -0.4 is 38.2 Å². The van der Waals surface area contributed by atoms with E-state index in [0.717, 1.165) is 16.7 Å². The van der Waals surface area contributed by atoms with Gasteiger partial charge in [0.1, 0.15) is 5.75 Å². The fourth-order valence-corrected chi connectivity index (χ4v) is 6.38. The monoisotopic (exact) mass is 919 g/mol. The van der Waals surface area contributed by atoms with Crippen molar-refractivity contribution in [1.82, 2.24) is 20.9 Å².